The number of hydrogen-bond acceptors (Lipinski definition) is 1. The fourth-order valence-corrected chi connectivity index (χ4v) is 4.42. The Bertz CT molecular complexity index is 1050. The predicted molar refractivity (Wildman–Crippen MR) is 118 cm³/mol. The number of carbonyl (C=O) groups excluding carboxylic acids is 1. The average Bonchev–Trinajstić information content (AvgIpc) is 2.75. The summed E-state index contributed by atoms with van der Waals surface area (Å²) in [5.41, 5.74) is 4.18. The van der Waals surface area contributed by atoms with Gasteiger partial charge < -0.3 is 5.32 Å². The largest absolute Gasteiger partial charge is 0.352 e. The van der Waals surface area contributed by atoms with Gasteiger partial charge in [0.25, 0.3) is 5.91 Å². The van der Waals surface area contributed by atoms with E-state index in [-0.39, 0.29) is 34.2 Å². The molecule has 0 heterocycles. The predicted octanol–water partition coefficient (Wildman–Crippen LogP) is 5.87. The number of nitrogens with one attached hydrogen (secondary N) is 1. The van der Waals surface area contributed by atoms with Crippen molar-refractivity contribution in [2.75, 3.05) is 6.54 Å². The van der Waals surface area contributed by atoms with Gasteiger partial charge in [0.15, 0.2) is 0 Å². The molecule has 0 aliphatic heterocycles. The summed E-state index contributed by atoms with van der Waals surface area (Å²) in [4.78, 5) is 12.6. The van der Waals surface area contributed by atoms with E-state index in [2.05, 4.69) is 46.9 Å². The van der Waals surface area contributed by atoms with Gasteiger partial charge in [0.1, 0.15) is 0 Å². The van der Waals surface area contributed by atoms with E-state index in [1.165, 1.54) is 0 Å². The second-order valence-electron chi connectivity index (χ2n) is 9.86. The second kappa shape index (κ2) is 6.76. The number of benzene rings is 2. The maximum atomic E-state index is 12.6. The van der Waals surface area contributed by atoms with Crippen LogP contribution in [0.4, 0.5) is 0 Å². The van der Waals surface area contributed by atoms with E-state index in [1.807, 2.05) is 32.0 Å². The zero-order valence-electron chi connectivity index (χ0n) is 21.6. The number of amides is 1. The average molecular weight is 381 g/mol. The highest BCUT2D eigenvalue weighted by Gasteiger charge is 2.56. The van der Waals surface area contributed by atoms with Gasteiger partial charge in [-0.05, 0) is 65.3 Å². The fraction of sp³-hybridized carbons (Fsp3) is 0.500. The minimum atomic E-state index is -0.315. The molecule has 0 spiro atoms. The molecule has 3 rings (SSSR count). The molecule has 0 saturated carbocycles. The van der Waals surface area contributed by atoms with Crippen molar-refractivity contribution in [1.82, 2.24) is 5.32 Å². The van der Waals surface area contributed by atoms with E-state index < -0.39 is 0 Å². The van der Waals surface area contributed by atoms with Crippen LogP contribution in [0.3, 0.4) is 0 Å². The third kappa shape index (κ3) is 3.17. The number of carbonyl (C=O) groups is 1. The lowest BCUT2D eigenvalue weighted by atomic mass is 9.59. The number of hydrogen-bond donors (Lipinski definition) is 1. The Morgan fingerprint density at radius 2 is 1.50 bits per heavy atom. The molecule has 0 radical (unpaired) electrons. The van der Waals surface area contributed by atoms with Gasteiger partial charge in [0, 0.05) is 12.1 Å². The third-order valence-electron chi connectivity index (χ3n) is 7.38. The Morgan fingerprint density at radius 1 is 0.929 bits per heavy atom. The van der Waals surface area contributed by atoms with Gasteiger partial charge in [0.2, 0.25) is 0 Å². The van der Waals surface area contributed by atoms with Gasteiger partial charge in [-0.25, -0.2) is 0 Å². The molecule has 0 fully saturated rings. The zero-order valence-corrected chi connectivity index (χ0v) is 18.6. The Morgan fingerprint density at radius 3 is 2.11 bits per heavy atom. The molecule has 150 valence electrons. The number of aryl methyl sites for hydroxylation is 2. The van der Waals surface area contributed by atoms with Crippen molar-refractivity contribution in [3.8, 4) is 0 Å². The van der Waals surface area contributed by atoms with E-state index in [9.17, 15) is 4.79 Å². The summed E-state index contributed by atoms with van der Waals surface area (Å²) in [6.45, 7) is 17.2. The molecule has 2 aromatic rings. The van der Waals surface area contributed by atoms with Crippen LogP contribution in [-0.2, 0) is 17.3 Å². The highest BCUT2D eigenvalue weighted by atomic mass is 16.1. The first-order valence-electron chi connectivity index (χ1n) is 11.6. The lowest BCUT2D eigenvalue weighted by molar-refractivity contribution is 0.0954. The van der Waals surface area contributed by atoms with Crippen molar-refractivity contribution in [2.24, 2.45) is 5.41 Å². The minimum absolute atomic E-state index is 0.117. The quantitative estimate of drug-likeness (QED) is 0.706. The standard InChI is InChI=1S/C26H35NO/c1-17-13-18(2)15-20(14-17)23(28)27-12-11-19-9-10-21-22(16-19)25(5,6)26(7,8)24(21,3)4/h9-10,13-16H,11-12H2,1-8H3,(H,27,28)/i9D,10D,16D. The lowest BCUT2D eigenvalue weighted by Crippen LogP contribution is -2.42. The molecule has 1 aliphatic rings. The van der Waals surface area contributed by atoms with Crippen LogP contribution in [0, 0.1) is 19.3 Å². The normalized spacial score (nSPS) is 20.1. The van der Waals surface area contributed by atoms with Crippen LogP contribution in [0.5, 0.6) is 0 Å². The van der Waals surface area contributed by atoms with Gasteiger partial charge in [0.05, 0.1) is 4.11 Å². The summed E-state index contributed by atoms with van der Waals surface area (Å²) < 4.78 is 26.4. The molecule has 0 bridgehead atoms. The molecule has 2 heteroatoms. The highest BCUT2D eigenvalue weighted by molar-refractivity contribution is 5.94. The first-order valence-corrected chi connectivity index (χ1v) is 10.1. The van der Waals surface area contributed by atoms with Gasteiger partial charge in [-0.1, -0.05) is 76.9 Å². The van der Waals surface area contributed by atoms with Crippen molar-refractivity contribution in [3.63, 3.8) is 0 Å². The third-order valence-corrected chi connectivity index (χ3v) is 7.38. The zero-order chi connectivity index (χ0) is 23.5. The second-order valence-corrected chi connectivity index (χ2v) is 9.86. The topological polar surface area (TPSA) is 29.1 Å². The van der Waals surface area contributed by atoms with E-state index >= 15 is 0 Å². The smallest absolute Gasteiger partial charge is 0.251 e. The lowest BCUT2D eigenvalue weighted by Gasteiger charge is -2.44. The van der Waals surface area contributed by atoms with E-state index in [1.54, 1.807) is 0 Å². The summed E-state index contributed by atoms with van der Waals surface area (Å²) in [5.74, 6) is -0.153. The van der Waals surface area contributed by atoms with E-state index in [0.717, 1.165) is 22.3 Å². The molecule has 1 amide bonds. The van der Waals surface area contributed by atoms with Crippen LogP contribution in [0.25, 0.3) is 0 Å². The summed E-state index contributed by atoms with van der Waals surface area (Å²) in [6, 6.07) is 6.45. The van der Waals surface area contributed by atoms with Crippen molar-refractivity contribution in [1.29, 1.82) is 0 Å². The molecule has 28 heavy (non-hydrogen) atoms. The van der Waals surface area contributed by atoms with Crippen molar-refractivity contribution in [3.05, 3.63) is 69.7 Å². The number of fused-ring (bicyclic) bond motifs is 1. The van der Waals surface area contributed by atoms with Crippen molar-refractivity contribution in [2.45, 2.75) is 72.6 Å². The Balaban J connectivity index is 1.93. The summed E-state index contributed by atoms with van der Waals surface area (Å²) in [5, 5.41) is 2.93. The molecule has 0 saturated heterocycles. The SMILES string of the molecule is [2H]c1c([2H])c2c(c([2H])c1CCNC(=O)c1cc(C)cc(C)c1)C(C)(C)C(C)(C)C2(C)C. The van der Waals surface area contributed by atoms with Gasteiger partial charge >= 0.3 is 0 Å². The van der Waals surface area contributed by atoms with Gasteiger partial charge in [-0.15, -0.1) is 0 Å². The molecule has 2 nitrogen and oxygen atoms in total. The van der Waals surface area contributed by atoms with Crippen molar-refractivity contribution < 1.29 is 8.91 Å². The molecular weight excluding hydrogens is 342 g/mol. The molecular formula is C26H35NO. The first kappa shape index (κ1) is 16.8. The molecule has 0 atom stereocenters. The summed E-state index contributed by atoms with van der Waals surface area (Å²) in [7, 11) is 0. The van der Waals surface area contributed by atoms with Crippen molar-refractivity contribution >= 4 is 5.91 Å². The Labute approximate surface area is 175 Å². The first-order chi connectivity index (χ1) is 14.1. The maximum Gasteiger partial charge on any atom is 0.251 e. The van der Waals surface area contributed by atoms with Crippen LogP contribution in [-0.4, -0.2) is 12.5 Å². The number of rotatable bonds is 4. The highest BCUT2D eigenvalue weighted by Crippen LogP contribution is 2.61. The molecule has 0 aromatic heterocycles. The monoisotopic (exact) mass is 380 g/mol. The van der Waals surface area contributed by atoms with Crippen LogP contribution in [0.2, 0.25) is 0 Å². The molecule has 0 unspecified atom stereocenters. The summed E-state index contributed by atoms with van der Waals surface area (Å²) in [6.07, 6.45) is 0.365. The molecule has 2 aromatic carbocycles. The van der Waals surface area contributed by atoms with Gasteiger partial charge in [-0.2, -0.15) is 0 Å². The minimum Gasteiger partial charge on any atom is -0.352 e. The maximum absolute atomic E-state index is 12.6. The summed E-state index contributed by atoms with van der Waals surface area (Å²) >= 11 is 0. The Kier molecular flexibility index (Phi) is 4.06. The van der Waals surface area contributed by atoms with Crippen LogP contribution >= 0.6 is 0 Å². The van der Waals surface area contributed by atoms with Crippen LogP contribution < -0.4 is 5.32 Å². The van der Waals surface area contributed by atoms with E-state index in [0.29, 0.717) is 30.1 Å². The van der Waals surface area contributed by atoms with Crippen LogP contribution in [0.15, 0.2) is 36.3 Å². The van der Waals surface area contributed by atoms with Crippen LogP contribution in [0.1, 0.15) is 83.8 Å². The Hall–Kier alpha value is -2.09. The fourth-order valence-electron chi connectivity index (χ4n) is 4.42. The molecule has 1 aliphatic carbocycles. The van der Waals surface area contributed by atoms with Gasteiger partial charge in [-0.3, -0.25) is 4.79 Å². The molecule has 1 N–H and O–H groups in total. The van der Waals surface area contributed by atoms with E-state index in [4.69, 9.17) is 4.11 Å².